The summed E-state index contributed by atoms with van der Waals surface area (Å²) >= 11 is 0. The van der Waals surface area contributed by atoms with E-state index in [4.69, 9.17) is 4.52 Å². The van der Waals surface area contributed by atoms with E-state index in [0.29, 0.717) is 42.2 Å². The molecule has 0 aliphatic carbocycles. The van der Waals surface area contributed by atoms with Crippen LogP contribution in [0.25, 0.3) is 0 Å². The number of carbonyl (C=O) groups excluding carboxylic acids is 2. The lowest BCUT2D eigenvalue weighted by Crippen LogP contribution is -2.31. The van der Waals surface area contributed by atoms with Crippen molar-refractivity contribution >= 4 is 11.8 Å². The van der Waals surface area contributed by atoms with E-state index in [-0.39, 0.29) is 17.9 Å². The van der Waals surface area contributed by atoms with E-state index in [0.717, 1.165) is 19.4 Å². The molecule has 1 fully saturated rings. The quantitative estimate of drug-likeness (QED) is 0.842. The summed E-state index contributed by atoms with van der Waals surface area (Å²) in [6.07, 6.45) is 3.31. The van der Waals surface area contributed by atoms with E-state index in [9.17, 15) is 9.59 Å². The molecule has 0 saturated carbocycles. The van der Waals surface area contributed by atoms with Gasteiger partial charge in [0.15, 0.2) is 5.82 Å². The van der Waals surface area contributed by atoms with E-state index in [1.54, 1.807) is 24.3 Å². The molecule has 2 amide bonds. The highest BCUT2D eigenvalue weighted by Gasteiger charge is 2.34. The van der Waals surface area contributed by atoms with Crippen molar-refractivity contribution in [1.29, 1.82) is 0 Å². The number of rotatable bonds is 5. The molecule has 4 rings (SSSR count). The maximum Gasteiger partial charge on any atom is 0.261 e. The summed E-state index contributed by atoms with van der Waals surface area (Å²) in [5.41, 5.74) is 0.966. The molecule has 0 radical (unpaired) electrons. The summed E-state index contributed by atoms with van der Waals surface area (Å²) in [4.78, 5) is 30.3. The van der Waals surface area contributed by atoms with Crippen molar-refractivity contribution in [2.24, 2.45) is 0 Å². The monoisotopic (exact) mass is 326 g/mol. The van der Waals surface area contributed by atoms with Crippen molar-refractivity contribution in [2.75, 3.05) is 13.1 Å². The lowest BCUT2D eigenvalue weighted by molar-refractivity contribution is 0.0652. The van der Waals surface area contributed by atoms with Gasteiger partial charge in [0.2, 0.25) is 5.89 Å². The Morgan fingerprint density at radius 1 is 1.21 bits per heavy atom. The highest BCUT2D eigenvalue weighted by molar-refractivity contribution is 6.21. The molecule has 1 aromatic heterocycles. The van der Waals surface area contributed by atoms with Crippen LogP contribution >= 0.6 is 0 Å². The molecule has 7 heteroatoms. The van der Waals surface area contributed by atoms with E-state index in [2.05, 4.69) is 15.5 Å². The first-order chi connectivity index (χ1) is 11.7. The van der Waals surface area contributed by atoms with Crippen LogP contribution in [0.15, 0.2) is 28.8 Å². The van der Waals surface area contributed by atoms with Crippen LogP contribution in [0.1, 0.15) is 57.7 Å². The van der Waals surface area contributed by atoms with Gasteiger partial charge in [-0.3, -0.25) is 14.5 Å². The van der Waals surface area contributed by atoms with Crippen molar-refractivity contribution in [3.8, 4) is 0 Å². The van der Waals surface area contributed by atoms with Crippen LogP contribution in [0, 0.1) is 0 Å². The maximum atomic E-state index is 12.3. The van der Waals surface area contributed by atoms with E-state index in [1.165, 1.54) is 4.90 Å². The number of aromatic nitrogens is 2. The van der Waals surface area contributed by atoms with Crippen molar-refractivity contribution in [3.05, 3.63) is 47.1 Å². The molecule has 1 saturated heterocycles. The molecule has 1 aromatic carbocycles. The maximum absolute atomic E-state index is 12.3. The second kappa shape index (κ2) is 6.16. The molecule has 2 aliphatic heterocycles. The molecule has 0 spiro atoms. The Labute approximate surface area is 139 Å². The summed E-state index contributed by atoms with van der Waals surface area (Å²) < 4.78 is 5.29. The number of carbonyl (C=O) groups is 2. The predicted octanol–water partition coefficient (Wildman–Crippen LogP) is 1.72. The molecular weight excluding hydrogens is 308 g/mol. The van der Waals surface area contributed by atoms with Crippen molar-refractivity contribution in [2.45, 2.75) is 31.7 Å². The normalized spacial score (nSPS) is 20.0. The van der Waals surface area contributed by atoms with Gasteiger partial charge in [0.25, 0.3) is 11.8 Å². The molecular formula is C17H18N4O3. The minimum atomic E-state index is -0.223. The molecule has 124 valence electrons. The fourth-order valence-electron chi connectivity index (χ4n) is 3.24. The van der Waals surface area contributed by atoms with Crippen LogP contribution in [0.3, 0.4) is 0 Å². The molecule has 24 heavy (non-hydrogen) atoms. The molecule has 0 bridgehead atoms. The number of benzene rings is 1. The third-order valence-electron chi connectivity index (χ3n) is 4.50. The smallest absolute Gasteiger partial charge is 0.261 e. The fourth-order valence-corrected chi connectivity index (χ4v) is 3.24. The minimum absolute atomic E-state index is 0.155. The molecule has 1 N–H and O–H groups in total. The average molecular weight is 326 g/mol. The summed E-state index contributed by atoms with van der Waals surface area (Å²) in [5.74, 6) is 0.803. The number of nitrogens with one attached hydrogen (secondary N) is 1. The molecule has 2 aromatic rings. The first-order valence-electron chi connectivity index (χ1n) is 8.25. The third kappa shape index (κ3) is 2.60. The Kier molecular flexibility index (Phi) is 3.86. The number of imide groups is 1. The lowest BCUT2D eigenvalue weighted by Gasteiger charge is -2.12. The van der Waals surface area contributed by atoms with Crippen LogP contribution < -0.4 is 5.32 Å². The van der Waals surface area contributed by atoms with Gasteiger partial charge in [-0.1, -0.05) is 17.3 Å². The van der Waals surface area contributed by atoms with Gasteiger partial charge in [-0.2, -0.15) is 4.98 Å². The van der Waals surface area contributed by atoms with Crippen LogP contribution in [-0.4, -0.2) is 39.9 Å². The number of nitrogens with zero attached hydrogens (tertiary/aromatic N) is 3. The first-order valence-corrected chi connectivity index (χ1v) is 8.25. The number of fused-ring (bicyclic) bond motifs is 1. The summed E-state index contributed by atoms with van der Waals surface area (Å²) in [6.45, 7) is 1.33. The van der Waals surface area contributed by atoms with Gasteiger partial charge < -0.3 is 9.84 Å². The fraction of sp³-hybridized carbons (Fsp3) is 0.412. The summed E-state index contributed by atoms with van der Waals surface area (Å²) in [7, 11) is 0. The first kappa shape index (κ1) is 15.0. The lowest BCUT2D eigenvalue weighted by atomic mass is 10.1. The van der Waals surface area contributed by atoms with Gasteiger partial charge in [0.05, 0.1) is 17.2 Å². The number of amides is 2. The Bertz CT molecular complexity index is 745. The van der Waals surface area contributed by atoms with Crippen molar-refractivity contribution < 1.29 is 14.1 Å². The number of aryl methyl sites for hydroxylation is 1. The minimum Gasteiger partial charge on any atom is -0.338 e. The Morgan fingerprint density at radius 2 is 1.96 bits per heavy atom. The van der Waals surface area contributed by atoms with Crippen LogP contribution in [0.2, 0.25) is 0 Å². The highest BCUT2D eigenvalue weighted by Crippen LogP contribution is 2.23. The van der Waals surface area contributed by atoms with E-state index < -0.39 is 0 Å². The topological polar surface area (TPSA) is 88.3 Å². The zero-order chi connectivity index (χ0) is 16.5. The van der Waals surface area contributed by atoms with Gasteiger partial charge in [0.1, 0.15) is 0 Å². The SMILES string of the molecule is O=C1c2ccccc2C(=O)N1CCCc1noc([C@@H]2CCCN2)n1. The number of hydrogen-bond donors (Lipinski definition) is 1. The van der Waals surface area contributed by atoms with Gasteiger partial charge in [-0.25, -0.2) is 0 Å². The van der Waals surface area contributed by atoms with E-state index >= 15 is 0 Å². The van der Waals surface area contributed by atoms with Crippen molar-refractivity contribution in [3.63, 3.8) is 0 Å². The van der Waals surface area contributed by atoms with Crippen molar-refractivity contribution in [1.82, 2.24) is 20.4 Å². The Morgan fingerprint density at radius 3 is 2.62 bits per heavy atom. The second-order valence-electron chi connectivity index (χ2n) is 6.11. The largest absolute Gasteiger partial charge is 0.338 e. The molecule has 0 unspecified atom stereocenters. The standard InChI is InChI=1S/C17H18N4O3/c22-16-11-5-1-2-6-12(11)17(23)21(16)10-4-8-14-19-15(24-20-14)13-7-3-9-18-13/h1-2,5-6,13,18H,3-4,7-10H2/t13-/m0/s1. The van der Waals surface area contributed by atoms with Crippen LogP contribution in [-0.2, 0) is 6.42 Å². The molecule has 2 aliphatic rings. The zero-order valence-corrected chi connectivity index (χ0v) is 13.2. The van der Waals surface area contributed by atoms with Gasteiger partial charge in [-0.15, -0.1) is 0 Å². The van der Waals surface area contributed by atoms with Gasteiger partial charge >= 0.3 is 0 Å². The average Bonchev–Trinajstić information content (AvgIpc) is 3.32. The van der Waals surface area contributed by atoms with Crippen LogP contribution in [0.4, 0.5) is 0 Å². The molecule has 1 atom stereocenters. The van der Waals surface area contributed by atoms with Crippen LogP contribution in [0.5, 0.6) is 0 Å². The highest BCUT2D eigenvalue weighted by atomic mass is 16.5. The summed E-state index contributed by atoms with van der Waals surface area (Å²) in [6, 6.07) is 7.07. The second-order valence-corrected chi connectivity index (χ2v) is 6.11. The van der Waals surface area contributed by atoms with Gasteiger partial charge in [-0.05, 0) is 37.9 Å². The van der Waals surface area contributed by atoms with E-state index in [1.807, 2.05) is 0 Å². The molecule has 7 nitrogen and oxygen atoms in total. The Hall–Kier alpha value is -2.54. The third-order valence-corrected chi connectivity index (χ3v) is 4.50. The Balaban J connectivity index is 1.35. The predicted molar refractivity (Wildman–Crippen MR) is 84.4 cm³/mol. The zero-order valence-electron chi connectivity index (χ0n) is 13.2. The molecule has 3 heterocycles. The number of hydrogen-bond acceptors (Lipinski definition) is 6. The summed E-state index contributed by atoms with van der Waals surface area (Å²) in [5, 5.41) is 7.30. The van der Waals surface area contributed by atoms with Gasteiger partial charge in [0, 0.05) is 13.0 Å².